The third-order valence-corrected chi connectivity index (χ3v) is 0.604. The molecule has 0 amide bonds. The fourth-order valence-electron chi connectivity index (χ4n) is 0.298. The molecule has 0 spiro atoms. The van der Waals surface area contributed by atoms with Gasteiger partial charge in [-0.15, -0.1) is 0 Å². The van der Waals surface area contributed by atoms with Crippen LogP contribution < -0.4 is 0 Å². The standard InChI is InChI=1S/C3HF3N2O/c4-3(5,6)2-7-1-8-9-2/h1H. The Morgan fingerprint density at radius 2 is 2.11 bits per heavy atom. The fraction of sp³-hybridized carbons (Fsp3) is 0.333. The SMILES string of the molecule is FC(F)(F)c1ncno1. The summed E-state index contributed by atoms with van der Waals surface area (Å²) < 4.78 is 38.0. The molecule has 3 nitrogen and oxygen atoms in total. The normalized spacial score (nSPS) is 11.9. The first-order valence-electron chi connectivity index (χ1n) is 1.94. The van der Waals surface area contributed by atoms with Crippen LogP contribution in [-0.4, -0.2) is 10.1 Å². The lowest BCUT2D eigenvalue weighted by Crippen LogP contribution is -2.04. The fourth-order valence-corrected chi connectivity index (χ4v) is 0.298. The van der Waals surface area contributed by atoms with Crippen LogP contribution in [0.25, 0.3) is 0 Å². The van der Waals surface area contributed by atoms with Crippen LogP contribution in [0.3, 0.4) is 0 Å². The summed E-state index contributed by atoms with van der Waals surface area (Å²) in [6, 6.07) is 0. The van der Waals surface area contributed by atoms with Crippen LogP contribution in [0.2, 0.25) is 0 Å². The van der Waals surface area contributed by atoms with Gasteiger partial charge in [0.15, 0.2) is 6.33 Å². The number of alkyl halides is 3. The molecule has 1 aromatic heterocycles. The van der Waals surface area contributed by atoms with Crippen molar-refractivity contribution < 1.29 is 17.7 Å². The first-order valence-corrected chi connectivity index (χ1v) is 1.94. The molecule has 0 aliphatic carbocycles. The molecule has 0 radical (unpaired) electrons. The van der Waals surface area contributed by atoms with Crippen LogP contribution in [0.5, 0.6) is 0 Å². The van der Waals surface area contributed by atoms with Crippen molar-refractivity contribution in [3.63, 3.8) is 0 Å². The van der Waals surface area contributed by atoms with Crippen LogP contribution in [0.1, 0.15) is 5.89 Å². The van der Waals surface area contributed by atoms with Gasteiger partial charge < -0.3 is 4.52 Å². The molecule has 0 saturated carbocycles. The second-order valence-corrected chi connectivity index (χ2v) is 1.24. The minimum Gasteiger partial charge on any atom is -0.330 e. The lowest BCUT2D eigenvalue weighted by Gasteiger charge is -1.95. The summed E-state index contributed by atoms with van der Waals surface area (Å²) in [4.78, 5) is 2.78. The van der Waals surface area contributed by atoms with Crippen molar-refractivity contribution in [1.29, 1.82) is 0 Å². The zero-order valence-corrected chi connectivity index (χ0v) is 4.01. The van der Waals surface area contributed by atoms with Crippen LogP contribution in [0.15, 0.2) is 10.9 Å². The van der Waals surface area contributed by atoms with E-state index in [1.165, 1.54) is 0 Å². The van der Waals surface area contributed by atoms with E-state index in [1.54, 1.807) is 0 Å². The van der Waals surface area contributed by atoms with Crippen molar-refractivity contribution in [2.75, 3.05) is 0 Å². The van der Waals surface area contributed by atoms with Crippen molar-refractivity contribution in [3.8, 4) is 0 Å². The van der Waals surface area contributed by atoms with Crippen molar-refractivity contribution in [2.24, 2.45) is 0 Å². The van der Waals surface area contributed by atoms with E-state index in [4.69, 9.17) is 0 Å². The summed E-state index contributed by atoms with van der Waals surface area (Å²) in [6.45, 7) is 0. The van der Waals surface area contributed by atoms with Gasteiger partial charge in [-0.2, -0.15) is 18.2 Å². The molecular formula is C3HF3N2O. The molecule has 1 heterocycles. The monoisotopic (exact) mass is 138 g/mol. The number of hydrogen-bond acceptors (Lipinski definition) is 3. The Morgan fingerprint density at radius 1 is 1.44 bits per heavy atom. The van der Waals surface area contributed by atoms with Gasteiger partial charge in [-0.25, -0.2) is 0 Å². The molecule has 0 saturated heterocycles. The number of nitrogens with zero attached hydrogens (tertiary/aromatic N) is 2. The summed E-state index contributed by atoms with van der Waals surface area (Å²) in [5.74, 6) is -1.32. The van der Waals surface area contributed by atoms with Gasteiger partial charge in [0.1, 0.15) is 0 Å². The smallest absolute Gasteiger partial charge is 0.330 e. The molecule has 6 heteroatoms. The highest BCUT2D eigenvalue weighted by atomic mass is 19.4. The molecule has 0 aliphatic rings. The molecule has 50 valence electrons. The predicted octanol–water partition coefficient (Wildman–Crippen LogP) is 1.09. The Bertz CT molecular complexity index is 179. The Kier molecular flexibility index (Phi) is 1.15. The van der Waals surface area contributed by atoms with Crippen molar-refractivity contribution in [2.45, 2.75) is 6.18 Å². The second kappa shape index (κ2) is 1.71. The topological polar surface area (TPSA) is 38.9 Å². The van der Waals surface area contributed by atoms with Gasteiger partial charge in [0.25, 0.3) is 0 Å². The Morgan fingerprint density at radius 3 is 2.33 bits per heavy atom. The lowest BCUT2D eigenvalue weighted by atomic mass is 10.7. The van der Waals surface area contributed by atoms with Crippen LogP contribution in [0, 0.1) is 0 Å². The van der Waals surface area contributed by atoms with Crippen LogP contribution in [0.4, 0.5) is 13.2 Å². The van der Waals surface area contributed by atoms with Gasteiger partial charge in [-0.3, -0.25) is 0 Å². The van der Waals surface area contributed by atoms with Gasteiger partial charge in [0.2, 0.25) is 0 Å². The van der Waals surface area contributed by atoms with E-state index >= 15 is 0 Å². The minimum absolute atomic E-state index is 0.697. The Hall–Kier alpha value is -1.07. The van der Waals surface area contributed by atoms with E-state index in [2.05, 4.69) is 14.7 Å². The maximum atomic E-state index is 11.4. The number of hydrogen-bond donors (Lipinski definition) is 0. The summed E-state index contributed by atoms with van der Waals surface area (Å²) in [7, 11) is 0. The third-order valence-electron chi connectivity index (χ3n) is 0.604. The molecule has 0 aliphatic heterocycles. The van der Waals surface area contributed by atoms with Gasteiger partial charge in [-0.1, -0.05) is 5.16 Å². The number of rotatable bonds is 0. The molecule has 1 rings (SSSR count). The zero-order chi connectivity index (χ0) is 6.91. The lowest BCUT2D eigenvalue weighted by molar-refractivity contribution is -0.159. The molecule has 9 heavy (non-hydrogen) atoms. The first kappa shape index (κ1) is 6.06. The predicted molar refractivity (Wildman–Crippen MR) is 19.3 cm³/mol. The minimum atomic E-state index is -4.52. The van der Waals surface area contributed by atoms with Crippen LogP contribution in [-0.2, 0) is 6.18 Å². The Balaban J connectivity index is 2.90. The zero-order valence-electron chi connectivity index (χ0n) is 4.01. The maximum absolute atomic E-state index is 11.4. The molecule has 0 unspecified atom stereocenters. The molecule has 0 aromatic carbocycles. The van der Waals surface area contributed by atoms with Gasteiger partial charge in [0, 0.05) is 0 Å². The second-order valence-electron chi connectivity index (χ2n) is 1.24. The number of aromatic nitrogens is 2. The van der Waals surface area contributed by atoms with Crippen LogP contribution >= 0.6 is 0 Å². The molecule has 0 atom stereocenters. The van der Waals surface area contributed by atoms with Gasteiger partial charge in [0.05, 0.1) is 0 Å². The summed E-state index contributed by atoms with van der Waals surface area (Å²) in [6.07, 6.45) is -3.82. The quantitative estimate of drug-likeness (QED) is 0.538. The highest BCUT2D eigenvalue weighted by Gasteiger charge is 2.37. The average Bonchev–Trinajstić information content (AvgIpc) is 2.08. The van der Waals surface area contributed by atoms with Crippen molar-refractivity contribution >= 4 is 0 Å². The molecule has 1 aromatic rings. The first-order chi connectivity index (χ1) is 4.11. The van der Waals surface area contributed by atoms with E-state index in [1.807, 2.05) is 0 Å². The summed E-state index contributed by atoms with van der Waals surface area (Å²) >= 11 is 0. The number of halogens is 3. The average molecular weight is 138 g/mol. The maximum Gasteiger partial charge on any atom is 0.471 e. The molecule has 0 fully saturated rings. The van der Waals surface area contributed by atoms with E-state index in [9.17, 15) is 13.2 Å². The molecular weight excluding hydrogens is 137 g/mol. The van der Waals surface area contributed by atoms with Gasteiger partial charge in [-0.05, 0) is 0 Å². The van der Waals surface area contributed by atoms with E-state index in [0.29, 0.717) is 6.33 Å². The largest absolute Gasteiger partial charge is 0.471 e. The van der Waals surface area contributed by atoms with Gasteiger partial charge >= 0.3 is 12.1 Å². The summed E-state index contributed by atoms with van der Waals surface area (Å²) in [5, 5.41) is 2.78. The molecule has 0 bridgehead atoms. The molecule has 0 N–H and O–H groups in total. The van der Waals surface area contributed by atoms with Crippen molar-refractivity contribution in [3.05, 3.63) is 12.2 Å². The third kappa shape index (κ3) is 1.18. The van der Waals surface area contributed by atoms with E-state index < -0.39 is 12.1 Å². The highest BCUT2D eigenvalue weighted by molar-refractivity contribution is 4.79. The summed E-state index contributed by atoms with van der Waals surface area (Å²) in [5.41, 5.74) is 0. The Labute approximate surface area is 47.5 Å². The van der Waals surface area contributed by atoms with E-state index in [-0.39, 0.29) is 0 Å². The van der Waals surface area contributed by atoms with E-state index in [0.717, 1.165) is 0 Å². The highest BCUT2D eigenvalue weighted by Crippen LogP contribution is 2.26. The van der Waals surface area contributed by atoms with Crippen molar-refractivity contribution in [1.82, 2.24) is 10.1 Å².